The van der Waals surface area contributed by atoms with E-state index in [2.05, 4.69) is 4.99 Å². The minimum absolute atomic E-state index is 0.0712. The minimum Gasteiger partial charge on any atom is -0.477 e. The molecule has 60 valence electrons. The first kappa shape index (κ1) is 7.94. The van der Waals surface area contributed by atoms with E-state index in [1.165, 1.54) is 6.21 Å². The van der Waals surface area contributed by atoms with E-state index < -0.39 is 5.97 Å². The van der Waals surface area contributed by atoms with Crippen LogP contribution in [0.4, 0.5) is 0 Å². The van der Waals surface area contributed by atoms with Crippen molar-refractivity contribution < 1.29 is 14.6 Å². The van der Waals surface area contributed by atoms with Crippen LogP contribution >= 0.6 is 0 Å². The molecular weight excluding hydrogens is 146 g/mol. The van der Waals surface area contributed by atoms with Gasteiger partial charge in [-0.25, -0.2) is 4.79 Å². The molecule has 0 fully saturated rings. The van der Waals surface area contributed by atoms with E-state index >= 15 is 0 Å². The number of aliphatic imine (C=N–C) groups is 1. The van der Waals surface area contributed by atoms with Gasteiger partial charge in [0.15, 0.2) is 0 Å². The van der Waals surface area contributed by atoms with E-state index in [0.717, 1.165) is 0 Å². The molecule has 4 nitrogen and oxygen atoms in total. The second-order valence-corrected chi connectivity index (χ2v) is 2.18. The number of ether oxygens (including phenoxy) is 1. The molecule has 1 aliphatic heterocycles. The highest BCUT2D eigenvalue weighted by Gasteiger charge is 2.12. The molecule has 0 aromatic carbocycles. The summed E-state index contributed by atoms with van der Waals surface area (Å²) in [4.78, 5) is 14.0. The molecule has 0 amide bonds. The lowest BCUT2D eigenvalue weighted by molar-refractivity contribution is -0.132. The van der Waals surface area contributed by atoms with Crippen molar-refractivity contribution in [2.75, 3.05) is 7.11 Å². The maximum absolute atomic E-state index is 10.3. The summed E-state index contributed by atoms with van der Waals surface area (Å²) in [7, 11) is 1.57. The third-order valence-corrected chi connectivity index (χ3v) is 1.45. The molecule has 4 heteroatoms. The van der Waals surface area contributed by atoms with Crippen molar-refractivity contribution in [2.45, 2.75) is 12.5 Å². The Kier molecular flexibility index (Phi) is 2.38. The standard InChI is InChI=1S/C7H9NO3/c1-11-5-2-3-6(7(9)10)8-4-5/h3-5H,2H2,1H3,(H,9,10). The Morgan fingerprint density at radius 3 is 3.00 bits per heavy atom. The predicted molar refractivity (Wildman–Crippen MR) is 39.6 cm³/mol. The summed E-state index contributed by atoms with van der Waals surface area (Å²) in [6, 6.07) is 0. The molecule has 0 aliphatic carbocycles. The van der Waals surface area contributed by atoms with Crippen LogP contribution in [0.2, 0.25) is 0 Å². The van der Waals surface area contributed by atoms with Crippen LogP contribution in [0.3, 0.4) is 0 Å². The molecule has 1 aliphatic rings. The summed E-state index contributed by atoms with van der Waals surface area (Å²) in [5.41, 5.74) is 0.0956. The van der Waals surface area contributed by atoms with Gasteiger partial charge in [0.25, 0.3) is 0 Å². The summed E-state index contributed by atoms with van der Waals surface area (Å²) in [5.74, 6) is -0.990. The normalized spacial score (nSPS) is 23.0. The molecule has 0 aromatic heterocycles. The molecule has 1 atom stereocenters. The van der Waals surface area contributed by atoms with Crippen molar-refractivity contribution in [2.24, 2.45) is 4.99 Å². The summed E-state index contributed by atoms with van der Waals surface area (Å²) >= 11 is 0. The lowest BCUT2D eigenvalue weighted by Gasteiger charge is -2.10. The molecule has 0 bridgehead atoms. The first-order valence-corrected chi connectivity index (χ1v) is 3.24. The molecule has 11 heavy (non-hydrogen) atoms. The molecule has 1 unspecified atom stereocenters. The topological polar surface area (TPSA) is 58.9 Å². The quantitative estimate of drug-likeness (QED) is 0.629. The fourth-order valence-electron chi connectivity index (χ4n) is 0.804. The molecular formula is C7H9NO3. The van der Waals surface area contributed by atoms with Crippen LogP contribution in [0, 0.1) is 0 Å². The third kappa shape index (κ3) is 1.88. The predicted octanol–water partition coefficient (Wildman–Crippen LogP) is 0.444. The first-order chi connectivity index (χ1) is 5.24. The van der Waals surface area contributed by atoms with E-state index in [9.17, 15) is 4.79 Å². The number of hydrogen-bond donors (Lipinski definition) is 1. The summed E-state index contributed by atoms with van der Waals surface area (Å²) in [6.45, 7) is 0. The van der Waals surface area contributed by atoms with Gasteiger partial charge in [-0.1, -0.05) is 0 Å². The lowest BCUT2D eigenvalue weighted by atomic mass is 10.2. The molecule has 0 spiro atoms. The van der Waals surface area contributed by atoms with Gasteiger partial charge in [0, 0.05) is 13.3 Å². The molecule has 0 saturated heterocycles. The fraction of sp³-hybridized carbons (Fsp3) is 0.429. The largest absolute Gasteiger partial charge is 0.477 e. The highest BCUT2D eigenvalue weighted by molar-refractivity contribution is 5.89. The van der Waals surface area contributed by atoms with Crippen LogP contribution in [-0.2, 0) is 9.53 Å². The average molecular weight is 155 g/mol. The highest BCUT2D eigenvalue weighted by atomic mass is 16.5. The Balaban J connectivity index is 2.60. The van der Waals surface area contributed by atoms with Gasteiger partial charge in [-0.05, 0) is 12.5 Å². The van der Waals surface area contributed by atoms with Crippen LogP contribution in [0.1, 0.15) is 6.42 Å². The zero-order chi connectivity index (χ0) is 8.27. The maximum atomic E-state index is 10.3. The van der Waals surface area contributed by atoms with Gasteiger partial charge in [-0.2, -0.15) is 0 Å². The summed E-state index contributed by atoms with van der Waals surface area (Å²) < 4.78 is 4.93. The molecule has 1 rings (SSSR count). The molecule has 0 aromatic rings. The number of hydrogen-bond acceptors (Lipinski definition) is 3. The Morgan fingerprint density at radius 2 is 2.64 bits per heavy atom. The van der Waals surface area contributed by atoms with Gasteiger partial charge < -0.3 is 9.84 Å². The highest BCUT2D eigenvalue weighted by Crippen LogP contribution is 2.08. The van der Waals surface area contributed by atoms with E-state index in [0.29, 0.717) is 6.42 Å². The number of methoxy groups -OCH3 is 1. The second-order valence-electron chi connectivity index (χ2n) is 2.18. The zero-order valence-corrected chi connectivity index (χ0v) is 6.15. The molecule has 0 radical (unpaired) electrons. The van der Waals surface area contributed by atoms with Crippen LogP contribution < -0.4 is 0 Å². The van der Waals surface area contributed by atoms with Crippen molar-refractivity contribution in [1.29, 1.82) is 0 Å². The fourth-order valence-corrected chi connectivity index (χ4v) is 0.804. The zero-order valence-electron chi connectivity index (χ0n) is 6.15. The van der Waals surface area contributed by atoms with Crippen LogP contribution in [0.15, 0.2) is 16.8 Å². The Morgan fingerprint density at radius 1 is 1.91 bits per heavy atom. The monoisotopic (exact) mass is 155 g/mol. The van der Waals surface area contributed by atoms with Gasteiger partial charge >= 0.3 is 5.97 Å². The van der Waals surface area contributed by atoms with Crippen molar-refractivity contribution in [3.8, 4) is 0 Å². The Labute approximate surface area is 64.2 Å². The maximum Gasteiger partial charge on any atom is 0.354 e. The van der Waals surface area contributed by atoms with Gasteiger partial charge in [0.1, 0.15) is 5.70 Å². The smallest absolute Gasteiger partial charge is 0.354 e. The average Bonchev–Trinajstić information content (AvgIpc) is 2.05. The van der Waals surface area contributed by atoms with Gasteiger partial charge in [-0.15, -0.1) is 0 Å². The van der Waals surface area contributed by atoms with Crippen molar-refractivity contribution in [3.05, 3.63) is 11.8 Å². The SMILES string of the molecule is COC1C=NC(C(=O)O)=CC1. The van der Waals surface area contributed by atoms with Gasteiger partial charge in [0.2, 0.25) is 0 Å². The number of carbonyl (C=O) groups is 1. The molecule has 0 saturated carbocycles. The van der Waals surface area contributed by atoms with E-state index in [1.54, 1.807) is 13.2 Å². The van der Waals surface area contributed by atoms with Crippen molar-refractivity contribution in [1.82, 2.24) is 0 Å². The minimum atomic E-state index is -0.990. The van der Waals surface area contributed by atoms with E-state index in [1.807, 2.05) is 0 Å². The number of carboxylic acid groups (broad SMARTS) is 1. The number of aliphatic carboxylic acids is 1. The van der Waals surface area contributed by atoms with Gasteiger partial charge in [-0.3, -0.25) is 4.99 Å². The van der Waals surface area contributed by atoms with Crippen LogP contribution in [0.5, 0.6) is 0 Å². The number of carboxylic acids is 1. The second kappa shape index (κ2) is 3.30. The first-order valence-electron chi connectivity index (χ1n) is 3.24. The molecule has 1 heterocycles. The van der Waals surface area contributed by atoms with E-state index in [-0.39, 0.29) is 11.8 Å². The molecule has 1 N–H and O–H groups in total. The van der Waals surface area contributed by atoms with Crippen LogP contribution in [0.25, 0.3) is 0 Å². The van der Waals surface area contributed by atoms with Crippen molar-refractivity contribution in [3.63, 3.8) is 0 Å². The summed E-state index contributed by atoms with van der Waals surface area (Å²) in [5, 5.41) is 8.47. The number of nitrogens with zero attached hydrogens (tertiary/aromatic N) is 1. The Hall–Kier alpha value is -1.16. The van der Waals surface area contributed by atoms with Gasteiger partial charge in [0.05, 0.1) is 6.10 Å². The number of rotatable bonds is 2. The Bertz CT molecular complexity index is 220. The third-order valence-electron chi connectivity index (χ3n) is 1.45. The van der Waals surface area contributed by atoms with Crippen molar-refractivity contribution >= 4 is 12.2 Å². The van der Waals surface area contributed by atoms with E-state index in [4.69, 9.17) is 9.84 Å². The summed E-state index contributed by atoms with van der Waals surface area (Å²) in [6.07, 6.45) is 3.57. The van der Waals surface area contributed by atoms with Crippen LogP contribution in [-0.4, -0.2) is 30.5 Å². The lowest BCUT2D eigenvalue weighted by Crippen LogP contribution is -2.16.